The molecule has 1 aliphatic rings. The number of hydrogen-bond acceptors (Lipinski definition) is 3. The summed E-state index contributed by atoms with van der Waals surface area (Å²) in [4.78, 5) is 0. The predicted molar refractivity (Wildman–Crippen MR) is 109 cm³/mol. The van der Waals surface area contributed by atoms with E-state index >= 15 is 0 Å². The van der Waals surface area contributed by atoms with Gasteiger partial charge in [0, 0.05) is 11.6 Å². The number of hydrogen-bond donors (Lipinski definition) is 1. The molecule has 3 heteroatoms. The molecule has 27 heavy (non-hydrogen) atoms. The summed E-state index contributed by atoms with van der Waals surface area (Å²) < 4.78 is 10.8. The van der Waals surface area contributed by atoms with E-state index in [1.165, 1.54) is 16.7 Å². The Labute approximate surface area is 159 Å². The lowest BCUT2D eigenvalue weighted by Gasteiger charge is -2.12. The number of aromatic hydroxyl groups is 1. The van der Waals surface area contributed by atoms with E-state index in [1.807, 2.05) is 36.4 Å². The number of phenolic OH excluding ortho intramolecular Hbond substituents is 1. The van der Waals surface area contributed by atoms with Crippen LogP contribution in [-0.4, -0.2) is 19.3 Å². The molecule has 0 atom stereocenters. The summed E-state index contributed by atoms with van der Waals surface area (Å²) in [5.41, 5.74) is 6.78. The minimum atomic E-state index is 0.306. The van der Waals surface area contributed by atoms with E-state index in [1.54, 1.807) is 20.3 Å². The second-order valence-corrected chi connectivity index (χ2v) is 6.67. The van der Waals surface area contributed by atoms with Gasteiger partial charge in [-0.2, -0.15) is 0 Å². The molecule has 1 N–H and O–H groups in total. The Balaban J connectivity index is 1.85. The van der Waals surface area contributed by atoms with E-state index in [9.17, 15) is 5.11 Å². The third kappa shape index (κ3) is 3.28. The first-order valence-corrected chi connectivity index (χ1v) is 9.04. The lowest BCUT2D eigenvalue weighted by Crippen LogP contribution is -1.90. The van der Waals surface area contributed by atoms with Crippen molar-refractivity contribution in [3.63, 3.8) is 0 Å². The lowest BCUT2D eigenvalue weighted by molar-refractivity contribution is 0.394. The first kappa shape index (κ1) is 17.2. The van der Waals surface area contributed by atoms with Crippen molar-refractivity contribution in [1.82, 2.24) is 0 Å². The summed E-state index contributed by atoms with van der Waals surface area (Å²) in [6.45, 7) is 0. The van der Waals surface area contributed by atoms with Gasteiger partial charge in [0.2, 0.25) is 0 Å². The SMILES string of the molecule is COc1cc(/C=C2\CCc3cccc(-c4ccccc4O)c32)cc(OC)c1. The number of para-hydroxylation sites is 1. The minimum absolute atomic E-state index is 0.306. The first-order chi connectivity index (χ1) is 13.2. The molecule has 0 heterocycles. The molecule has 0 saturated carbocycles. The van der Waals surface area contributed by atoms with E-state index in [-0.39, 0.29) is 0 Å². The van der Waals surface area contributed by atoms with Crippen molar-refractivity contribution < 1.29 is 14.6 Å². The minimum Gasteiger partial charge on any atom is -0.507 e. The number of rotatable bonds is 4. The summed E-state index contributed by atoms with van der Waals surface area (Å²) in [6.07, 6.45) is 4.17. The topological polar surface area (TPSA) is 38.7 Å². The van der Waals surface area contributed by atoms with Crippen LogP contribution < -0.4 is 9.47 Å². The van der Waals surface area contributed by atoms with Crippen molar-refractivity contribution >= 4 is 11.6 Å². The maximum atomic E-state index is 10.4. The number of benzene rings is 3. The number of ether oxygens (including phenoxy) is 2. The average Bonchev–Trinajstić information content (AvgIpc) is 3.11. The van der Waals surface area contributed by atoms with Crippen LogP contribution in [-0.2, 0) is 6.42 Å². The molecule has 4 rings (SSSR count). The molecular formula is C24H22O3. The number of aryl methyl sites for hydroxylation is 1. The second kappa shape index (κ2) is 7.20. The van der Waals surface area contributed by atoms with Crippen LogP contribution in [0.3, 0.4) is 0 Å². The highest BCUT2D eigenvalue weighted by Crippen LogP contribution is 2.43. The fourth-order valence-electron chi connectivity index (χ4n) is 3.77. The summed E-state index contributed by atoms with van der Waals surface area (Å²) in [7, 11) is 3.32. The zero-order valence-electron chi connectivity index (χ0n) is 15.5. The van der Waals surface area contributed by atoms with Crippen LogP contribution in [0.25, 0.3) is 22.8 Å². The van der Waals surface area contributed by atoms with E-state index in [2.05, 4.69) is 24.3 Å². The molecule has 3 aromatic rings. The Kier molecular flexibility index (Phi) is 4.59. The Morgan fingerprint density at radius 3 is 2.22 bits per heavy atom. The maximum absolute atomic E-state index is 10.4. The molecular weight excluding hydrogens is 336 g/mol. The second-order valence-electron chi connectivity index (χ2n) is 6.67. The Bertz CT molecular complexity index is 996. The molecule has 0 bridgehead atoms. The van der Waals surface area contributed by atoms with Crippen LogP contribution in [0.2, 0.25) is 0 Å². The van der Waals surface area contributed by atoms with Crippen molar-refractivity contribution in [2.24, 2.45) is 0 Å². The van der Waals surface area contributed by atoms with Gasteiger partial charge >= 0.3 is 0 Å². The number of phenols is 1. The van der Waals surface area contributed by atoms with Crippen molar-refractivity contribution in [3.05, 3.63) is 77.4 Å². The third-order valence-corrected chi connectivity index (χ3v) is 5.04. The largest absolute Gasteiger partial charge is 0.507 e. The number of methoxy groups -OCH3 is 2. The molecule has 0 saturated heterocycles. The summed E-state index contributed by atoms with van der Waals surface area (Å²) in [5, 5.41) is 10.4. The normalized spacial score (nSPS) is 14.2. The van der Waals surface area contributed by atoms with E-state index < -0.39 is 0 Å². The van der Waals surface area contributed by atoms with Crippen molar-refractivity contribution in [2.75, 3.05) is 14.2 Å². The fraction of sp³-hybridized carbons (Fsp3) is 0.167. The zero-order valence-corrected chi connectivity index (χ0v) is 15.5. The van der Waals surface area contributed by atoms with E-state index in [0.717, 1.165) is 41.0 Å². The monoisotopic (exact) mass is 358 g/mol. The van der Waals surface area contributed by atoms with Gasteiger partial charge in [-0.15, -0.1) is 0 Å². The van der Waals surface area contributed by atoms with Gasteiger partial charge in [0.1, 0.15) is 17.2 Å². The lowest BCUT2D eigenvalue weighted by atomic mass is 9.93. The Hall–Kier alpha value is -3.20. The van der Waals surface area contributed by atoms with Crippen LogP contribution in [0.1, 0.15) is 23.1 Å². The molecule has 0 aliphatic heterocycles. The standard InChI is InChI=1S/C24H22O3/c1-26-19-13-16(14-20(15-19)27-2)12-18-11-10-17-6-5-8-22(24(17)18)21-7-3-4-9-23(21)25/h3-9,12-15,25H,10-11H2,1-2H3/b18-12+. The molecule has 3 nitrogen and oxygen atoms in total. The van der Waals surface area contributed by atoms with E-state index in [4.69, 9.17) is 9.47 Å². The number of allylic oxidation sites excluding steroid dienone is 1. The van der Waals surface area contributed by atoms with Crippen LogP contribution in [0.5, 0.6) is 17.2 Å². The van der Waals surface area contributed by atoms with Crippen molar-refractivity contribution in [3.8, 4) is 28.4 Å². The Morgan fingerprint density at radius 2 is 1.52 bits per heavy atom. The molecule has 0 aromatic heterocycles. The molecule has 0 spiro atoms. The predicted octanol–water partition coefficient (Wildman–Crippen LogP) is 5.56. The highest BCUT2D eigenvalue weighted by molar-refractivity contribution is 5.94. The summed E-state index contributed by atoms with van der Waals surface area (Å²) >= 11 is 0. The van der Waals surface area contributed by atoms with Gasteiger partial charge in [-0.3, -0.25) is 0 Å². The van der Waals surface area contributed by atoms with Gasteiger partial charge < -0.3 is 14.6 Å². The van der Waals surface area contributed by atoms with Crippen LogP contribution in [0.4, 0.5) is 0 Å². The van der Waals surface area contributed by atoms with Gasteiger partial charge in [-0.05, 0) is 58.9 Å². The van der Waals surface area contributed by atoms with Crippen LogP contribution in [0, 0.1) is 0 Å². The van der Waals surface area contributed by atoms with Gasteiger partial charge in [0.05, 0.1) is 14.2 Å². The van der Waals surface area contributed by atoms with E-state index in [0.29, 0.717) is 5.75 Å². The molecule has 0 radical (unpaired) electrons. The van der Waals surface area contributed by atoms with Crippen molar-refractivity contribution in [1.29, 1.82) is 0 Å². The zero-order chi connectivity index (χ0) is 18.8. The Morgan fingerprint density at radius 1 is 0.815 bits per heavy atom. The molecule has 136 valence electrons. The van der Waals surface area contributed by atoms with Crippen LogP contribution >= 0.6 is 0 Å². The van der Waals surface area contributed by atoms with Gasteiger partial charge in [-0.1, -0.05) is 42.5 Å². The van der Waals surface area contributed by atoms with Gasteiger partial charge in [0.25, 0.3) is 0 Å². The molecule has 0 unspecified atom stereocenters. The highest BCUT2D eigenvalue weighted by Gasteiger charge is 2.21. The first-order valence-electron chi connectivity index (χ1n) is 9.04. The smallest absolute Gasteiger partial charge is 0.123 e. The van der Waals surface area contributed by atoms with Crippen molar-refractivity contribution in [2.45, 2.75) is 12.8 Å². The van der Waals surface area contributed by atoms with Gasteiger partial charge in [0.15, 0.2) is 0 Å². The quantitative estimate of drug-likeness (QED) is 0.663. The average molecular weight is 358 g/mol. The van der Waals surface area contributed by atoms with Crippen LogP contribution in [0.15, 0.2) is 60.7 Å². The number of fused-ring (bicyclic) bond motifs is 1. The van der Waals surface area contributed by atoms with Gasteiger partial charge in [-0.25, -0.2) is 0 Å². The third-order valence-electron chi connectivity index (χ3n) is 5.04. The fourth-order valence-corrected chi connectivity index (χ4v) is 3.77. The molecule has 0 amide bonds. The molecule has 0 fully saturated rings. The summed E-state index contributed by atoms with van der Waals surface area (Å²) in [6, 6.07) is 19.7. The highest BCUT2D eigenvalue weighted by atomic mass is 16.5. The maximum Gasteiger partial charge on any atom is 0.123 e. The molecule has 1 aliphatic carbocycles. The molecule has 3 aromatic carbocycles. The summed E-state index contributed by atoms with van der Waals surface area (Å²) in [5.74, 6) is 1.85.